The van der Waals surface area contributed by atoms with E-state index in [4.69, 9.17) is 9.47 Å². The van der Waals surface area contributed by atoms with Crippen molar-refractivity contribution in [2.24, 2.45) is 10.8 Å². The Morgan fingerprint density at radius 1 is 0.600 bits per heavy atom. The summed E-state index contributed by atoms with van der Waals surface area (Å²) in [6.45, 7) is 15.1. The molecule has 0 bridgehead atoms. The number of hydrogen-bond acceptors (Lipinski definition) is 6. The second-order valence-electron chi connectivity index (χ2n) is 18.6. The van der Waals surface area contributed by atoms with E-state index in [0.717, 1.165) is 71.0 Å². The Hall–Kier alpha value is -1.14. The summed E-state index contributed by atoms with van der Waals surface area (Å²) < 4.78 is 11.9. The molecule has 0 unspecified atom stereocenters. The van der Waals surface area contributed by atoms with E-state index in [1.54, 1.807) is 0 Å². The first kappa shape index (κ1) is 51.9. The van der Waals surface area contributed by atoms with Gasteiger partial charge in [0.05, 0.1) is 13.0 Å². The summed E-state index contributed by atoms with van der Waals surface area (Å²) >= 11 is 0. The topological polar surface area (TPSA) is 76.1 Å². The normalized spacial score (nSPS) is 13.9. The van der Waals surface area contributed by atoms with Crippen LogP contribution in [0, 0.1) is 10.8 Å². The number of aliphatic hydroxyl groups is 1. The van der Waals surface area contributed by atoms with Crippen LogP contribution in [0.15, 0.2) is 0 Å². The van der Waals surface area contributed by atoms with Gasteiger partial charge in [0, 0.05) is 19.6 Å². The molecule has 0 spiro atoms. The molecule has 1 rings (SSSR count). The molecule has 6 heteroatoms. The summed E-state index contributed by atoms with van der Waals surface area (Å²) in [4.78, 5) is 28.0. The number of carbonyl (C=O) groups excluding carboxylic acids is 2. The molecular formula is C49H95NO5. The molecule has 0 amide bonds. The van der Waals surface area contributed by atoms with Gasteiger partial charge in [-0.05, 0) is 101 Å². The molecule has 0 aliphatic heterocycles. The smallest absolute Gasteiger partial charge is 0.306 e. The SMILES string of the molecule is CCCCCCCCCC(=O)OCC(C)(C)CCCCCN(CCCO)CCCCCC1(CC(=O)OC(CCCCCCCC)CCCCCCCC)CC1. The van der Waals surface area contributed by atoms with Gasteiger partial charge in [0.25, 0.3) is 0 Å². The third kappa shape index (κ3) is 31.5. The molecule has 1 saturated carbocycles. The monoisotopic (exact) mass is 778 g/mol. The fraction of sp³-hybridized carbons (Fsp3) is 0.959. The summed E-state index contributed by atoms with van der Waals surface area (Å²) in [7, 11) is 0. The van der Waals surface area contributed by atoms with Crippen molar-refractivity contribution in [1.29, 1.82) is 0 Å². The molecular weight excluding hydrogens is 683 g/mol. The Bertz CT molecular complexity index is 871. The lowest BCUT2D eigenvalue weighted by Crippen LogP contribution is -2.28. The average Bonchev–Trinajstić information content (AvgIpc) is 3.93. The third-order valence-corrected chi connectivity index (χ3v) is 12.3. The standard InChI is InChI=1S/C49H95NO5/c1-6-9-12-15-18-21-26-34-46(52)54-44-48(4,5)35-27-22-29-39-50(41-31-42-51)40-30-23-28-36-49(37-38-49)43-47(53)55-45(32-24-19-16-13-10-7-2)33-25-20-17-14-11-8-3/h45,51H,6-44H2,1-5H3. The second kappa shape index (κ2) is 34.9. The predicted molar refractivity (Wildman–Crippen MR) is 235 cm³/mol. The van der Waals surface area contributed by atoms with Crippen LogP contribution in [0.5, 0.6) is 0 Å². The van der Waals surface area contributed by atoms with E-state index >= 15 is 0 Å². The molecule has 55 heavy (non-hydrogen) atoms. The van der Waals surface area contributed by atoms with E-state index in [9.17, 15) is 14.7 Å². The quantitative estimate of drug-likeness (QED) is 0.0491. The Morgan fingerprint density at radius 3 is 1.60 bits per heavy atom. The van der Waals surface area contributed by atoms with Crippen LogP contribution in [0.3, 0.4) is 0 Å². The number of carbonyl (C=O) groups is 2. The van der Waals surface area contributed by atoms with Crippen LogP contribution in [0.1, 0.15) is 253 Å². The summed E-state index contributed by atoms with van der Waals surface area (Å²) in [6.07, 6.45) is 39.9. The molecule has 0 radical (unpaired) electrons. The lowest BCUT2D eigenvalue weighted by atomic mass is 9.88. The van der Waals surface area contributed by atoms with E-state index in [1.165, 1.54) is 154 Å². The molecule has 0 heterocycles. The Kier molecular flexibility index (Phi) is 32.9. The maximum atomic E-state index is 13.2. The minimum Gasteiger partial charge on any atom is -0.465 e. The van der Waals surface area contributed by atoms with Crippen molar-refractivity contribution in [3.8, 4) is 0 Å². The molecule has 1 aliphatic carbocycles. The fourth-order valence-corrected chi connectivity index (χ4v) is 8.20. The van der Waals surface area contributed by atoms with Crippen LogP contribution in [-0.2, 0) is 19.1 Å². The molecule has 0 atom stereocenters. The van der Waals surface area contributed by atoms with Gasteiger partial charge in [-0.15, -0.1) is 0 Å². The van der Waals surface area contributed by atoms with Crippen LogP contribution >= 0.6 is 0 Å². The van der Waals surface area contributed by atoms with Gasteiger partial charge >= 0.3 is 11.9 Å². The van der Waals surface area contributed by atoms with Gasteiger partial charge in [0.15, 0.2) is 0 Å². The Labute approximate surface area is 342 Å². The maximum Gasteiger partial charge on any atom is 0.306 e. The largest absolute Gasteiger partial charge is 0.465 e. The number of rotatable bonds is 42. The molecule has 326 valence electrons. The number of nitrogens with zero attached hydrogens (tertiary/aromatic N) is 1. The van der Waals surface area contributed by atoms with Gasteiger partial charge in [-0.1, -0.05) is 163 Å². The molecule has 6 nitrogen and oxygen atoms in total. The predicted octanol–water partition coefficient (Wildman–Crippen LogP) is 14.1. The second-order valence-corrected chi connectivity index (χ2v) is 18.6. The summed E-state index contributed by atoms with van der Waals surface area (Å²) in [5, 5.41) is 9.50. The molecule has 1 aliphatic rings. The van der Waals surface area contributed by atoms with Crippen molar-refractivity contribution < 1.29 is 24.2 Å². The van der Waals surface area contributed by atoms with Gasteiger partial charge in [0.2, 0.25) is 0 Å². The minimum atomic E-state index is -0.0303. The highest BCUT2D eigenvalue weighted by Crippen LogP contribution is 2.53. The van der Waals surface area contributed by atoms with Gasteiger partial charge in [-0.3, -0.25) is 9.59 Å². The van der Waals surface area contributed by atoms with Crippen LogP contribution < -0.4 is 0 Å². The average molecular weight is 778 g/mol. The van der Waals surface area contributed by atoms with Crippen molar-refractivity contribution in [3.63, 3.8) is 0 Å². The van der Waals surface area contributed by atoms with Crippen LogP contribution in [0.4, 0.5) is 0 Å². The van der Waals surface area contributed by atoms with Gasteiger partial charge < -0.3 is 19.5 Å². The van der Waals surface area contributed by atoms with Gasteiger partial charge in [-0.25, -0.2) is 0 Å². The van der Waals surface area contributed by atoms with Gasteiger partial charge in [-0.2, -0.15) is 0 Å². The van der Waals surface area contributed by atoms with Crippen molar-refractivity contribution in [2.45, 2.75) is 259 Å². The first-order chi connectivity index (χ1) is 26.7. The van der Waals surface area contributed by atoms with Gasteiger partial charge in [0.1, 0.15) is 6.10 Å². The van der Waals surface area contributed by atoms with E-state index in [0.29, 0.717) is 19.4 Å². The number of unbranched alkanes of at least 4 members (excludes halogenated alkanes) is 20. The first-order valence-electron chi connectivity index (χ1n) is 24.4. The Morgan fingerprint density at radius 2 is 1.07 bits per heavy atom. The summed E-state index contributed by atoms with van der Waals surface area (Å²) in [5.74, 6) is 0.0372. The number of aliphatic hydroxyl groups excluding tert-OH is 1. The van der Waals surface area contributed by atoms with Crippen molar-refractivity contribution in [2.75, 3.05) is 32.8 Å². The zero-order chi connectivity index (χ0) is 40.3. The summed E-state index contributed by atoms with van der Waals surface area (Å²) in [5.41, 5.74) is 0.225. The molecule has 1 fully saturated rings. The number of esters is 2. The lowest BCUT2D eigenvalue weighted by molar-refractivity contribution is -0.151. The molecule has 0 aromatic carbocycles. The number of hydrogen-bond donors (Lipinski definition) is 1. The molecule has 0 saturated heterocycles. The van der Waals surface area contributed by atoms with Crippen LogP contribution in [0.2, 0.25) is 0 Å². The molecule has 0 aromatic heterocycles. The lowest BCUT2D eigenvalue weighted by Gasteiger charge is -2.25. The van der Waals surface area contributed by atoms with Crippen LogP contribution in [-0.4, -0.2) is 60.9 Å². The third-order valence-electron chi connectivity index (χ3n) is 12.3. The van der Waals surface area contributed by atoms with E-state index in [1.807, 2.05) is 0 Å². The van der Waals surface area contributed by atoms with Crippen molar-refractivity contribution in [1.82, 2.24) is 4.90 Å². The zero-order valence-corrected chi connectivity index (χ0v) is 37.7. The maximum absolute atomic E-state index is 13.2. The molecule has 0 aromatic rings. The van der Waals surface area contributed by atoms with E-state index in [2.05, 4.69) is 39.5 Å². The van der Waals surface area contributed by atoms with E-state index in [-0.39, 0.29) is 35.5 Å². The van der Waals surface area contributed by atoms with Crippen LogP contribution in [0.25, 0.3) is 0 Å². The Balaban J connectivity index is 2.30. The highest BCUT2D eigenvalue weighted by molar-refractivity contribution is 5.71. The number of ether oxygens (including phenoxy) is 2. The highest BCUT2D eigenvalue weighted by Gasteiger charge is 2.44. The fourth-order valence-electron chi connectivity index (χ4n) is 8.20. The highest BCUT2D eigenvalue weighted by atomic mass is 16.5. The van der Waals surface area contributed by atoms with Crippen molar-refractivity contribution in [3.05, 3.63) is 0 Å². The molecule has 1 N–H and O–H groups in total. The zero-order valence-electron chi connectivity index (χ0n) is 37.7. The first-order valence-corrected chi connectivity index (χ1v) is 24.4. The summed E-state index contributed by atoms with van der Waals surface area (Å²) in [6, 6.07) is 0. The van der Waals surface area contributed by atoms with Crippen molar-refractivity contribution >= 4 is 11.9 Å². The van der Waals surface area contributed by atoms with E-state index < -0.39 is 0 Å². The minimum absolute atomic E-state index is 0.0187.